The Bertz CT molecular complexity index is 1710. The SMILES string of the molecule is Cc1cccc2c1OC1(Sc3c(cccc3-c3ccccc3)C=[N+]1c1ccccc1)[N+](c1ccccc1)=C2. The van der Waals surface area contributed by atoms with E-state index in [1.54, 1.807) is 11.8 Å². The van der Waals surface area contributed by atoms with Crippen LogP contribution in [0.4, 0.5) is 11.4 Å². The van der Waals surface area contributed by atoms with Gasteiger partial charge in [-0.05, 0) is 35.7 Å². The summed E-state index contributed by atoms with van der Waals surface area (Å²) in [5, 5.41) is -0.931. The van der Waals surface area contributed by atoms with E-state index in [-0.39, 0.29) is 0 Å². The Morgan fingerprint density at radius 3 is 1.79 bits per heavy atom. The van der Waals surface area contributed by atoms with E-state index in [9.17, 15) is 0 Å². The van der Waals surface area contributed by atoms with Gasteiger partial charge < -0.3 is 4.74 Å². The van der Waals surface area contributed by atoms with Crippen LogP contribution in [0.5, 0.6) is 5.75 Å². The second kappa shape index (κ2) is 9.16. The average Bonchev–Trinajstić information content (AvgIpc) is 2.98. The van der Waals surface area contributed by atoms with Crippen LogP contribution < -0.4 is 4.74 Å². The van der Waals surface area contributed by atoms with Gasteiger partial charge in [0.2, 0.25) is 11.4 Å². The first-order valence-electron chi connectivity index (χ1n) is 12.8. The van der Waals surface area contributed by atoms with Gasteiger partial charge in [0.25, 0.3) is 0 Å². The molecule has 0 N–H and O–H groups in total. The summed E-state index contributed by atoms with van der Waals surface area (Å²) in [5.74, 6) is 0.905. The summed E-state index contributed by atoms with van der Waals surface area (Å²) in [6.07, 6.45) is 4.47. The molecule has 0 saturated carbocycles. The molecule has 3 nitrogen and oxygen atoms in total. The lowest BCUT2D eigenvalue weighted by atomic mass is 10.0. The fourth-order valence-corrected chi connectivity index (χ4v) is 6.66. The van der Waals surface area contributed by atoms with Crippen molar-refractivity contribution >= 4 is 35.6 Å². The van der Waals surface area contributed by atoms with Crippen molar-refractivity contribution in [3.63, 3.8) is 0 Å². The lowest BCUT2D eigenvalue weighted by Crippen LogP contribution is -2.55. The highest BCUT2D eigenvalue weighted by Crippen LogP contribution is 2.51. The highest BCUT2D eigenvalue weighted by Gasteiger charge is 2.63. The fourth-order valence-electron chi connectivity index (χ4n) is 5.23. The lowest BCUT2D eigenvalue weighted by Gasteiger charge is -2.32. The minimum atomic E-state index is -0.931. The predicted octanol–water partition coefficient (Wildman–Crippen LogP) is 8.00. The van der Waals surface area contributed by atoms with E-state index in [0.29, 0.717) is 0 Å². The number of ether oxygens (including phenoxy) is 1. The molecule has 5 aromatic carbocycles. The molecule has 0 radical (unpaired) electrons. The quantitative estimate of drug-likeness (QED) is 0.229. The average molecular weight is 511 g/mol. The number of hydrogen-bond acceptors (Lipinski definition) is 2. The summed E-state index contributed by atoms with van der Waals surface area (Å²) >= 11 is 1.75. The predicted molar refractivity (Wildman–Crippen MR) is 155 cm³/mol. The first-order chi connectivity index (χ1) is 18.7. The highest BCUT2D eigenvalue weighted by molar-refractivity contribution is 8.00. The van der Waals surface area contributed by atoms with Crippen molar-refractivity contribution in [2.24, 2.45) is 0 Å². The maximum atomic E-state index is 7.23. The summed E-state index contributed by atoms with van der Waals surface area (Å²) in [6.45, 7) is 2.12. The van der Waals surface area contributed by atoms with Crippen molar-refractivity contribution in [3.05, 3.63) is 144 Å². The minimum absolute atomic E-state index is 0.905. The smallest absolute Gasteiger partial charge is 0.367 e. The molecule has 182 valence electrons. The van der Waals surface area contributed by atoms with E-state index in [2.05, 4.69) is 156 Å². The summed E-state index contributed by atoms with van der Waals surface area (Å²) in [4.78, 5) is 1.19. The van der Waals surface area contributed by atoms with E-state index in [0.717, 1.165) is 33.8 Å². The minimum Gasteiger partial charge on any atom is -0.367 e. The first-order valence-corrected chi connectivity index (χ1v) is 13.6. The third kappa shape index (κ3) is 3.68. The van der Waals surface area contributed by atoms with Crippen LogP contribution in [-0.2, 0) is 0 Å². The van der Waals surface area contributed by atoms with Gasteiger partial charge in [-0.25, -0.2) is 0 Å². The number of nitrogens with zero attached hydrogens (tertiary/aromatic N) is 2. The van der Waals surface area contributed by atoms with Crippen LogP contribution >= 0.6 is 11.8 Å². The zero-order chi connectivity index (χ0) is 25.5. The number of rotatable bonds is 3. The molecule has 0 aromatic heterocycles. The monoisotopic (exact) mass is 510 g/mol. The molecule has 1 spiro atoms. The van der Waals surface area contributed by atoms with E-state index >= 15 is 0 Å². The molecule has 5 aromatic rings. The normalized spacial score (nSPS) is 17.6. The van der Waals surface area contributed by atoms with Gasteiger partial charge >= 0.3 is 5.18 Å². The lowest BCUT2D eigenvalue weighted by molar-refractivity contribution is -0.770. The number of hydrogen-bond donors (Lipinski definition) is 0. The number of para-hydroxylation sites is 3. The van der Waals surface area contributed by atoms with Gasteiger partial charge in [0.15, 0.2) is 18.2 Å². The Kier molecular flexibility index (Phi) is 5.49. The second-order valence-electron chi connectivity index (χ2n) is 9.51. The molecule has 2 aliphatic heterocycles. The van der Waals surface area contributed by atoms with Crippen LogP contribution in [0.25, 0.3) is 11.1 Å². The highest BCUT2D eigenvalue weighted by atomic mass is 32.2. The largest absolute Gasteiger partial charge is 0.584 e. The third-order valence-corrected chi connectivity index (χ3v) is 8.46. The van der Waals surface area contributed by atoms with Gasteiger partial charge in [0.05, 0.1) is 22.9 Å². The van der Waals surface area contributed by atoms with Gasteiger partial charge in [-0.2, -0.15) is 0 Å². The van der Waals surface area contributed by atoms with Gasteiger partial charge in [0, 0.05) is 29.2 Å². The summed E-state index contributed by atoms with van der Waals surface area (Å²) in [7, 11) is 0. The summed E-state index contributed by atoms with van der Waals surface area (Å²) in [5.41, 5.74) is 7.85. The zero-order valence-corrected chi connectivity index (χ0v) is 21.8. The molecule has 0 saturated heterocycles. The van der Waals surface area contributed by atoms with E-state index < -0.39 is 5.18 Å². The van der Waals surface area contributed by atoms with E-state index in [1.807, 2.05) is 0 Å². The molecular formula is C34H26N2OS+2. The maximum absolute atomic E-state index is 7.23. The van der Waals surface area contributed by atoms with Gasteiger partial charge in [-0.1, -0.05) is 100 Å². The van der Waals surface area contributed by atoms with Crippen molar-refractivity contribution in [3.8, 4) is 16.9 Å². The molecule has 38 heavy (non-hydrogen) atoms. The second-order valence-corrected chi connectivity index (χ2v) is 10.6. The molecule has 0 fully saturated rings. The van der Waals surface area contributed by atoms with Crippen LogP contribution in [0.3, 0.4) is 0 Å². The van der Waals surface area contributed by atoms with Crippen molar-refractivity contribution in [1.29, 1.82) is 0 Å². The summed E-state index contributed by atoms with van der Waals surface area (Å²) in [6, 6.07) is 44.5. The van der Waals surface area contributed by atoms with Crippen LogP contribution in [0.1, 0.15) is 16.7 Å². The molecule has 0 aliphatic carbocycles. The number of fused-ring (bicyclic) bond motifs is 2. The Morgan fingerprint density at radius 1 is 0.579 bits per heavy atom. The van der Waals surface area contributed by atoms with Crippen molar-refractivity contribution in [1.82, 2.24) is 0 Å². The third-order valence-electron chi connectivity index (χ3n) is 7.06. The zero-order valence-electron chi connectivity index (χ0n) is 21.0. The van der Waals surface area contributed by atoms with E-state index in [4.69, 9.17) is 4.74 Å². The van der Waals surface area contributed by atoms with Crippen LogP contribution in [0, 0.1) is 6.92 Å². The molecule has 0 amide bonds. The number of aryl methyl sites for hydroxylation is 1. The Morgan fingerprint density at radius 2 is 1.13 bits per heavy atom. The van der Waals surface area contributed by atoms with Crippen molar-refractivity contribution < 1.29 is 13.9 Å². The maximum Gasteiger partial charge on any atom is 0.584 e. The molecule has 2 aliphatic rings. The Labute approximate surface area is 227 Å². The Balaban J connectivity index is 1.55. The van der Waals surface area contributed by atoms with Gasteiger partial charge in [-0.3, -0.25) is 0 Å². The van der Waals surface area contributed by atoms with Crippen LogP contribution in [0.2, 0.25) is 0 Å². The number of benzene rings is 5. The molecular weight excluding hydrogens is 484 g/mol. The van der Waals surface area contributed by atoms with Gasteiger partial charge in [-0.15, -0.1) is 0 Å². The molecule has 1 unspecified atom stereocenters. The van der Waals surface area contributed by atoms with Gasteiger partial charge in [0.1, 0.15) is 0 Å². The Hall–Kier alpha value is -4.41. The van der Waals surface area contributed by atoms with Crippen LogP contribution in [0.15, 0.2) is 132 Å². The van der Waals surface area contributed by atoms with E-state index in [1.165, 1.54) is 16.0 Å². The summed E-state index contributed by atoms with van der Waals surface area (Å²) < 4.78 is 11.8. The molecule has 1 atom stereocenters. The molecule has 0 bridgehead atoms. The van der Waals surface area contributed by atoms with Crippen LogP contribution in [-0.4, -0.2) is 26.8 Å². The van der Waals surface area contributed by atoms with Crippen molar-refractivity contribution in [2.45, 2.75) is 17.0 Å². The fraction of sp³-hybridized carbons (Fsp3) is 0.0588. The molecule has 2 heterocycles. The topological polar surface area (TPSA) is 15.2 Å². The first kappa shape index (κ1) is 22.8. The standard InChI is InChI=1S/C34H26N2OS/c1-25-13-11-16-27-23-35(29-18-7-3-8-19-29)34(37-32(25)27)36(30-20-9-4-10-21-30)24-28-17-12-22-31(33(28)38-34)26-14-5-2-6-15-26/h2-24H,1H3/q+2. The number of thioether (sulfide) groups is 1. The molecule has 7 rings (SSSR count). The van der Waals surface area contributed by atoms with Crippen molar-refractivity contribution in [2.75, 3.05) is 0 Å². The molecule has 4 heteroatoms.